The van der Waals surface area contributed by atoms with E-state index in [1.165, 1.54) is 13.8 Å². The summed E-state index contributed by atoms with van der Waals surface area (Å²) in [6, 6.07) is 0. The second-order valence-electron chi connectivity index (χ2n) is 1.15. The van der Waals surface area contributed by atoms with Crippen LogP contribution in [0.4, 0.5) is 0 Å². The van der Waals surface area contributed by atoms with Crippen molar-refractivity contribution in [2.45, 2.75) is 13.8 Å². The molecule has 0 saturated heterocycles. The Morgan fingerprint density at radius 3 is 1.30 bits per heavy atom. The van der Waals surface area contributed by atoms with Crippen LogP contribution in [-0.4, -0.2) is 11.8 Å². The van der Waals surface area contributed by atoms with E-state index in [2.05, 4.69) is 5.32 Å². The van der Waals surface area contributed by atoms with Gasteiger partial charge < -0.3 is 22.3 Å². The molecule has 10 heavy (non-hydrogen) atoms. The van der Waals surface area contributed by atoms with Gasteiger partial charge in [0.25, 0.3) is 0 Å². The molecule has 0 radical (unpaired) electrons. The van der Waals surface area contributed by atoms with E-state index < -0.39 is 11.8 Å². The number of carbonyl (C=O) groups is 2. The Bertz CT molecular complexity index is 93.8. The SMILES string of the molecule is CC(=O)[N-]C(C)=O.[CH3-].[W+2].[W]. The van der Waals surface area contributed by atoms with Gasteiger partial charge in [-0.3, -0.25) is 0 Å². The minimum Gasteiger partial charge on any atom is -0.596 e. The molecule has 5 heteroatoms. The van der Waals surface area contributed by atoms with Crippen molar-refractivity contribution in [2.75, 3.05) is 0 Å². The van der Waals surface area contributed by atoms with Crippen molar-refractivity contribution in [3.05, 3.63) is 12.7 Å². The number of rotatable bonds is 0. The van der Waals surface area contributed by atoms with Crippen molar-refractivity contribution in [1.29, 1.82) is 0 Å². The van der Waals surface area contributed by atoms with Crippen LogP contribution in [0, 0.1) is 7.43 Å². The number of carbonyl (C=O) groups excluding carboxylic acids is 2. The van der Waals surface area contributed by atoms with E-state index in [-0.39, 0.29) is 49.6 Å². The Morgan fingerprint density at radius 1 is 1.10 bits per heavy atom. The van der Waals surface area contributed by atoms with Crippen molar-refractivity contribution < 1.29 is 51.7 Å². The molecule has 0 unspecified atom stereocenters. The molecule has 0 spiro atoms. The number of amides is 2. The molecule has 0 heterocycles. The molecule has 0 atom stereocenters. The van der Waals surface area contributed by atoms with Gasteiger partial charge in [0.05, 0.1) is 11.8 Å². The second-order valence-corrected chi connectivity index (χ2v) is 1.15. The number of imide groups is 1. The first kappa shape index (κ1) is 22.4. The zero-order valence-corrected chi connectivity index (χ0v) is 11.9. The largest absolute Gasteiger partial charge is 2.00 e. The zero-order chi connectivity index (χ0) is 5.86. The van der Waals surface area contributed by atoms with E-state index in [0.29, 0.717) is 0 Å². The van der Waals surface area contributed by atoms with E-state index in [4.69, 9.17) is 0 Å². The Labute approximate surface area is 89.9 Å². The van der Waals surface area contributed by atoms with Crippen LogP contribution in [0.2, 0.25) is 0 Å². The van der Waals surface area contributed by atoms with Crippen molar-refractivity contribution in [1.82, 2.24) is 0 Å². The normalized spacial score (nSPS) is 5.40. The molecule has 0 saturated carbocycles. The first-order chi connectivity index (χ1) is 3.13. The maximum absolute atomic E-state index is 9.87. The maximum Gasteiger partial charge on any atom is 2.00 e. The average Bonchev–Trinajstić information content (AvgIpc) is 1.27. The Hall–Kier alpha value is 0.517. The molecule has 0 aliphatic rings. The third-order valence-corrected chi connectivity index (χ3v) is 0.315. The molecule has 0 aromatic heterocycles. The van der Waals surface area contributed by atoms with Gasteiger partial charge in [0.2, 0.25) is 0 Å². The Morgan fingerprint density at radius 2 is 1.30 bits per heavy atom. The summed E-state index contributed by atoms with van der Waals surface area (Å²) in [7, 11) is 0. The maximum atomic E-state index is 9.87. The van der Waals surface area contributed by atoms with E-state index in [1.807, 2.05) is 0 Å². The van der Waals surface area contributed by atoms with Crippen LogP contribution in [0.1, 0.15) is 13.8 Å². The zero-order valence-electron chi connectivity index (χ0n) is 6.08. The predicted octanol–water partition coefficient (Wildman–Crippen LogP) is 0.898. The first-order valence-corrected chi connectivity index (χ1v) is 1.86. The smallest absolute Gasteiger partial charge is 0.596 e. The summed E-state index contributed by atoms with van der Waals surface area (Å²) in [5.74, 6) is -0.875. The topological polar surface area (TPSA) is 48.2 Å². The van der Waals surface area contributed by atoms with Crippen molar-refractivity contribution in [2.24, 2.45) is 0 Å². The first-order valence-electron chi connectivity index (χ1n) is 1.86. The summed E-state index contributed by atoms with van der Waals surface area (Å²) >= 11 is 0. The third kappa shape index (κ3) is 23.6. The Kier molecular flexibility index (Phi) is 27.4. The third-order valence-electron chi connectivity index (χ3n) is 0.315. The summed E-state index contributed by atoms with van der Waals surface area (Å²) in [4.78, 5) is 19.7. The van der Waals surface area contributed by atoms with Gasteiger partial charge in [-0.25, -0.2) is 0 Å². The summed E-state index contributed by atoms with van der Waals surface area (Å²) in [5, 5.41) is 3.00. The van der Waals surface area contributed by atoms with Gasteiger partial charge in [-0.1, -0.05) is 0 Å². The monoisotopic (exact) mass is 483 g/mol. The molecular formula is C5H9NO2W2. The molecule has 0 rings (SSSR count). The van der Waals surface area contributed by atoms with Crippen LogP contribution in [0.3, 0.4) is 0 Å². The standard InChI is InChI=1S/C4H7NO2.CH3.2W/c1-3(6)5-4(2)7;;;/h1-2H3,(H,5,6,7);1H3;;/q;-1;;+2/p-1. The molecule has 0 N–H and O–H groups in total. The molecule has 0 aromatic rings. The van der Waals surface area contributed by atoms with Crippen LogP contribution in [0.5, 0.6) is 0 Å². The second kappa shape index (κ2) is 12.2. The fourth-order valence-corrected chi connectivity index (χ4v) is 0.222. The molecule has 2 amide bonds. The van der Waals surface area contributed by atoms with Gasteiger partial charge in [0.15, 0.2) is 0 Å². The van der Waals surface area contributed by atoms with Crippen LogP contribution in [0.25, 0.3) is 5.32 Å². The molecule has 0 aliphatic carbocycles. The Balaban J connectivity index is -0.0000000600. The molecular weight excluding hydrogens is 474 g/mol. The van der Waals surface area contributed by atoms with Gasteiger partial charge >= 0.3 is 21.1 Å². The predicted molar refractivity (Wildman–Crippen MR) is 31.1 cm³/mol. The summed E-state index contributed by atoms with van der Waals surface area (Å²) in [6.45, 7) is 2.47. The van der Waals surface area contributed by atoms with Crippen molar-refractivity contribution in [3.63, 3.8) is 0 Å². The van der Waals surface area contributed by atoms with E-state index in [0.717, 1.165) is 0 Å². The van der Waals surface area contributed by atoms with Crippen molar-refractivity contribution in [3.8, 4) is 0 Å². The minimum absolute atomic E-state index is 0. The number of hydrogen-bond donors (Lipinski definition) is 0. The van der Waals surface area contributed by atoms with E-state index in [1.54, 1.807) is 0 Å². The molecule has 0 fully saturated rings. The molecule has 0 bridgehead atoms. The molecule has 3 nitrogen and oxygen atoms in total. The molecule has 0 aromatic carbocycles. The molecule has 58 valence electrons. The van der Waals surface area contributed by atoms with Crippen LogP contribution in [-0.2, 0) is 51.7 Å². The van der Waals surface area contributed by atoms with Crippen LogP contribution < -0.4 is 0 Å². The quantitative estimate of drug-likeness (QED) is 0.482. The molecule has 0 aliphatic heterocycles. The summed E-state index contributed by atoms with van der Waals surface area (Å²) in [6.07, 6.45) is 0. The van der Waals surface area contributed by atoms with E-state index in [9.17, 15) is 9.59 Å². The summed E-state index contributed by atoms with van der Waals surface area (Å²) < 4.78 is 0. The average molecular weight is 483 g/mol. The summed E-state index contributed by atoms with van der Waals surface area (Å²) in [5.41, 5.74) is 0. The van der Waals surface area contributed by atoms with Crippen LogP contribution >= 0.6 is 0 Å². The van der Waals surface area contributed by atoms with Gasteiger partial charge in [0, 0.05) is 21.1 Å². The van der Waals surface area contributed by atoms with Gasteiger partial charge in [-0.05, 0) is 13.8 Å². The van der Waals surface area contributed by atoms with Crippen molar-refractivity contribution >= 4 is 11.8 Å². The minimum atomic E-state index is -0.437. The number of hydrogen-bond acceptors (Lipinski definition) is 2. The van der Waals surface area contributed by atoms with Gasteiger partial charge in [-0.15, -0.1) is 0 Å². The fraction of sp³-hybridized carbons (Fsp3) is 0.400. The van der Waals surface area contributed by atoms with Crippen LogP contribution in [0.15, 0.2) is 0 Å². The van der Waals surface area contributed by atoms with Gasteiger partial charge in [0.1, 0.15) is 0 Å². The number of nitrogens with zero attached hydrogens (tertiary/aromatic N) is 1. The fourth-order valence-electron chi connectivity index (χ4n) is 0.222. The van der Waals surface area contributed by atoms with Gasteiger partial charge in [-0.2, -0.15) is 0 Å². The van der Waals surface area contributed by atoms with E-state index >= 15 is 0 Å².